The summed E-state index contributed by atoms with van der Waals surface area (Å²) in [6.07, 6.45) is 0. The van der Waals surface area contributed by atoms with Gasteiger partial charge in [0.15, 0.2) is 0 Å². The van der Waals surface area contributed by atoms with Gasteiger partial charge >= 0.3 is 0 Å². The molecule has 0 aliphatic rings. The molecule has 3 N–H and O–H groups in total. The van der Waals surface area contributed by atoms with Gasteiger partial charge in [0.05, 0.1) is 14.2 Å². The second-order valence-corrected chi connectivity index (χ2v) is 3.18. The summed E-state index contributed by atoms with van der Waals surface area (Å²) in [5.41, 5.74) is 6.69. The van der Waals surface area contributed by atoms with E-state index in [2.05, 4.69) is 5.32 Å². The van der Waals surface area contributed by atoms with Crippen LogP contribution in [-0.4, -0.2) is 27.8 Å². The zero-order valence-electron chi connectivity index (χ0n) is 9.41. The van der Waals surface area contributed by atoms with Gasteiger partial charge in [0.2, 0.25) is 0 Å². The Morgan fingerprint density at radius 1 is 1.33 bits per heavy atom. The first kappa shape index (κ1) is 11.8. The van der Waals surface area contributed by atoms with E-state index in [1.165, 1.54) is 0 Å². The third-order valence-electron chi connectivity index (χ3n) is 2.40. The molecule has 0 fully saturated rings. The maximum Gasteiger partial charge on any atom is 0.123 e. The molecule has 1 aromatic carbocycles. The molecule has 4 heteroatoms. The number of benzene rings is 1. The van der Waals surface area contributed by atoms with Crippen LogP contribution in [0.3, 0.4) is 0 Å². The van der Waals surface area contributed by atoms with Crippen molar-refractivity contribution in [2.45, 2.75) is 6.04 Å². The van der Waals surface area contributed by atoms with Gasteiger partial charge in [0.1, 0.15) is 11.5 Å². The molecule has 84 valence electrons. The first-order valence-electron chi connectivity index (χ1n) is 4.86. The van der Waals surface area contributed by atoms with Crippen LogP contribution >= 0.6 is 0 Å². The number of methoxy groups -OCH3 is 2. The van der Waals surface area contributed by atoms with Crippen LogP contribution in [0.4, 0.5) is 0 Å². The Morgan fingerprint density at radius 2 is 2.07 bits per heavy atom. The Hall–Kier alpha value is -1.26. The van der Waals surface area contributed by atoms with Gasteiger partial charge in [-0.1, -0.05) is 0 Å². The van der Waals surface area contributed by atoms with Gasteiger partial charge in [-0.2, -0.15) is 0 Å². The Balaban J connectivity index is 3.09. The summed E-state index contributed by atoms with van der Waals surface area (Å²) in [7, 11) is 5.16. The maximum atomic E-state index is 5.67. The van der Waals surface area contributed by atoms with Crippen molar-refractivity contribution in [2.75, 3.05) is 27.8 Å². The van der Waals surface area contributed by atoms with Crippen molar-refractivity contribution in [1.29, 1.82) is 0 Å². The van der Waals surface area contributed by atoms with Crippen molar-refractivity contribution in [1.82, 2.24) is 5.32 Å². The lowest BCUT2D eigenvalue weighted by atomic mass is 10.1. The summed E-state index contributed by atoms with van der Waals surface area (Å²) >= 11 is 0. The molecule has 1 atom stereocenters. The molecule has 0 radical (unpaired) electrons. The van der Waals surface area contributed by atoms with Crippen LogP contribution < -0.4 is 20.5 Å². The molecule has 1 unspecified atom stereocenters. The molecule has 0 amide bonds. The number of likely N-dealkylation sites (N-methyl/N-ethyl adjacent to an activating group) is 1. The molecule has 0 heterocycles. The molecule has 0 aliphatic carbocycles. The van der Waals surface area contributed by atoms with Crippen LogP contribution in [0.1, 0.15) is 11.6 Å². The number of hydrogen-bond donors (Lipinski definition) is 2. The molecule has 0 aliphatic heterocycles. The molecule has 0 saturated carbocycles. The number of nitrogens with one attached hydrogen (secondary N) is 1. The molecule has 0 spiro atoms. The fraction of sp³-hybridized carbons (Fsp3) is 0.455. The van der Waals surface area contributed by atoms with E-state index in [9.17, 15) is 0 Å². The molecule has 1 rings (SSSR count). The van der Waals surface area contributed by atoms with Crippen molar-refractivity contribution in [3.05, 3.63) is 23.8 Å². The smallest absolute Gasteiger partial charge is 0.123 e. The first-order valence-corrected chi connectivity index (χ1v) is 4.86. The van der Waals surface area contributed by atoms with E-state index in [4.69, 9.17) is 15.2 Å². The van der Waals surface area contributed by atoms with E-state index in [1.54, 1.807) is 14.2 Å². The lowest BCUT2D eigenvalue weighted by Gasteiger charge is -2.18. The minimum atomic E-state index is 0.0787. The highest BCUT2D eigenvalue weighted by Crippen LogP contribution is 2.28. The van der Waals surface area contributed by atoms with E-state index in [1.807, 2.05) is 25.2 Å². The Morgan fingerprint density at radius 3 is 2.53 bits per heavy atom. The minimum absolute atomic E-state index is 0.0787. The summed E-state index contributed by atoms with van der Waals surface area (Å²) in [4.78, 5) is 0. The van der Waals surface area contributed by atoms with E-state index in [0.29, 0.717) is 6.54 Å². The summed E-state index contributed by atoms with van der Waals surface area (Å²) in [5, 5.41) is 3.13. The van der Waals surface area contributed by atoms with Crippen LogP contribution in [-0.2, 0) is 0 Å². The topological polar surface area (TPSA) is 56.5 Å². The predicted octanol–water partition coefficient (Wildman–Crippen LogP) is 0.923. The van der Waals surface area contributed by atoms with Crippen LogP contribution in [0.2, 0.25) is 0 Å². The highest BCUT2D eigenvalue weighted by atomic mass is 16.5. The van der Waals surface area contributed by atoms with Crippen LogP contribution in [0.15, 0.2) is 18.2 Å². The van der Waals surface area contributed by atoms with Gasteiger partial charge in [-0.25, -0.2) is 0 Å². The van der Waals surface area contributed by atoms with Gasteiger partial charge in [0, 0.05) is 18.2 Å². The number of ether oxygens (including phenoxy) is 2. The van der Waals surface area contributed by atoms with Crippen LogP contribution in [0.5, 0.6) is 11.5 Å². The Kier molecular flexibility index (Phi) is 4.39. The predicted molar refractivity (Wildman–Crippen MR) is 60.4 cm³/mol. The fourth-order valence-electron chi connectivity index (χ4n) is 1.51. The molecular weight excluding hydrogens is 192 g/mol. The van der Waals surface area contributed by atoms with Crippen LogP contribution in [0, 0.1) is 0 Å². The second kappa shape index (κ2) is 5.58. The number of nitrogens with two attached hydrogens (primary N) is 1. The molecule has 0 aromatic heterocycles. The zero-order valence-corrected chi connectivity index (χ0v) is 9.41. The van der Waals surface area contributed by atoms with Crippen LogP contribution in [0.25, 0.3) is 0 Å². The summed E-state index contributed by atoms with van der Waals surface area (Å²) in [5.74, 6) is 1.63. The van der Waals surface area contributed by atoms with Gasteiger partial charge in [0.25, 0.3) is 0 Å². The van der Waals surface area contributed by atoms with Crippen molar-refractivity contribution >= 4 is 0 Å². The molecule has 15 heavy (non-hydrogen) atoms. The quantitative estimate of drug-likeness (QED) is 0.759. The van der Waals surface area contributed by atoms with Crippen molar-refractivity contribution in [2.24, 2.45) is 5.73 Å². The minimum Gasteiger partial charge on any atom is -0.497 e. The lowest BCUT2D eigenvalue weighted by Crippen LogP contribution is -2.25. The van der Waals surface area contributed by atoms with E-state index < -0.39 is 0 Å². The normalized spacial score (nSPS) is 12.3. The number of rotatable bonds is 5. The molecular formula is C11H18N2O2. The average Bonchev–Trinajstić information content (AvgIpc) is 2.30. The summed E-state index contributed by atoms with van der Waals surface area (Å²) in [6.45, 7) is 0.514. The van der Waals surface area contributed by atoms with E-state index >= 15 is 0 Å². The highest BCUT2D eigenvalue weighted by Gasteiger charge is 2.13. The largest absolute Gasteiger partial charge is 0.497 e. The molecule has 0 saturated heterocycles. The Labute approximate surface area is 90.4 Å². The van der Waals surface area contributed by atoms with Crippen molar-refractivity contribution in [3.63, 3.8) is 0 Å². The Bertz CT molecular complexity index is 311. The van der Waals surface area contributed by atoms with Crippen molar-refractivity contribution < 1.29 is 9.47 Å². The lowest BCUT2D eigenvalue weighted by molar-refractivity contribution is 0.392. The fourth-order valence-corrected chi connectivity index (χ4v) is 1.51. The maximum absolute atomic E-state index is 5.67. The van der Waals surface area contributed by atoms with Gasteiger partial charge in [-0.05, 0) is 25.2 Å². The second-order valence-electron chi connectivity index (χ2n) is 3.18. The first-order chi connectivity index (χ1) is 7.26. The molecule has 0 bridgehead atoms. The van der Waals surface area contributed by atoms with Crippen molar-refractivity contribution in [3.8, 4) is 11.5 Å². The summed E-state index contributed by atoms with van der Waals surface area (Å²) < 4.78 is 10.4. The number of hydrogen-bond acceptors (Lipinski definition) is 4. The van der Waals surface area contributed by atoms with Gasteiger partial charge in [-0.3, -0.25) is 0 Å². The zero-order chi connectivity index (χ0) is 11.3. The molecule has 4 nitrogen and oxygen atoms in total. The van der Waals surface area contributed by atoms with E-state index in [-0.39, 0.29) is 6.04 Å². The SMILES string of the molecule is CNC(CN)c1cc(OC)ccc1OC. The van der Waals surface area contributed by atoms with Gasteiger partial charge in [-0.15, -0.1) is 0 Å². The monoisotopic (exact) mass is 210 g/mol. The van der Waals surface area contributed by atoms with Gasteiger partial charge < -0.3 is 20.5 Å². The van der Waals surface area contributed by atoms with E-state index in [0.717, 1.165) is 17.1 Å². The average molecular weight is 210 g/mol. The standard InChI is InChI=1S/C11H18N2O2/c1-13-10(7-12)9-6-8(14-2)4-5-11(9)15-3/h4-6,10,13H,7,12H2,1-3H3. The third kappa shape index (κ3) is 2.61. The third-order valence-corrected chi connectivity index (χ3v) is 2.40. The molecule has 1 aromatic rings. The summed E-state index contributed by atoms with van der Waals surface area (Å²) in [6, 6.07) is 5.77. The highest BCUT2D eigenvalue weighted by molar-refractivity contribution is 5.42.